The number of halogens is 1. The lowest BCUT2D eigenvalue weighted by Crippen LogP contribution is -2.17. The number of aromatic nitrogens is 2. The average Bonchev–Trinajstić information content (AvgIpc) is 2.53. The molecule has 0 radical (unpaired) electrons. The second-order valence-electron chi connectivity index (χ2n) is 4.97. The zero-order chi connectivity index (χ0) is 16.8. The van der Waals surface area contributed by atoms with E-state index in [9.17, 15) is 9.59 Å². The minimum absolute atomic E-state index is 0.0753. The number of anilines is 1. The Morgan fingerprint density at radius 1 is 1.26 bits per heavy atom. The van der Waals surface area contributed by atoms with Gasteiger partial charge >= 0.3 is 0 Å². The fourth-order valence-corrected chi connectivity index (χ4v) is 2.34. The third kappa shape index (κ3) is 4.26. The molecule has 0 aromatic carbocycles. The van der Waals surface area contributed by atoms with Crippen molar-refractivity contribution < 1.29 is 9.59 Å². The van der Waals surface area contributed by atoms with Crippen LogP contribution in [0, 0.1) is 0 Å². The molecule has 120 valence electrons. The van der Waals surface area contributed by atoms with Gasteiger partial charge in [0.25, 0.3) is 11.8 Å². The van der Waals surface area contributed by atoms with Gasteiger partial charge in [0.2, 0.25) is 0 Å². The molecule has 2 aromatic rings. The lowest BCUT2D eigenvalue weighted by molar-refractivity contribution is 0.0991. The lowest BCUT2D eigenvalue weighted by Gasteiger charge is -2.11. The Balaban J connectivity index is 2.27. The Morgan fingerprint density at radius 3 is 2.70 bits per heavy atom. The summed E-state index contributed by atoms with van der Waals surface area (Å²) in [6.07, 6.45) is 5.55. The summed E-state index contributed by atoms with van der Waals surface area (Å²) in [6, 6.07) is 4.56. The highest BCUT2D eigenvalue weighted by molar-refractivity contribution is 6.34. The summed E-state index contributed by atoms with van der Waals surface area (Å²) in [5, 5.41) is 3.04. The Morgan fingerprint density at radius 2 is 2.00 bits per heavy atom. The number of nitrogens with one attached hydrogen (secondary N) is 1. The predicted octanol–water partition coefficient (Wildman–Crippen LogP) is 2.82. The van der Waals surface area contributed by atoms with E-state index < -0.39 is 5.91 Å². The molecular formula is C16H17ClN4O2. The number of pyridine rings is 2. The molecule has 0 saturated carbocycles. The van der Waals surface area contributed by atoms with Crippen molar-refractivity contribution in [1.29, 1.82) is 0 Å². The number of hydrogen-bond donors (Lipinski definition) is 2. The molecule has 0 aliphatic heterocycles. The highest BCUT2D eigenvalue weighted by Gasteiger charge is 2.17. The Kier molecular flexibility index (Phi) is 5.65. The monoisotopic (exact) mass is 332 g/mol. The Bertz CT molecular complexity index is 734. The minimum Gasteiger partial charge on any atom is -0.364 e. The van der Waals surface area contributed by atoms with Gasteiger partial charge in [-0.05, 0) is 31.0 Å². The van der Waals surface area contributed by atoms with Crippen molar-refractivity contribution >= 4 is 29.1 Å². The largest absolute Gasteiger partial charge is 0.364 e. The van der Waals surface area contributed by atoms with Crippen molar-refractivity contribution in [3.63, 3.8) is 0 Å². The molecule has 7 heteroatoms. The van der Waals surface area contributed by atoms with Crippen LogP contribution in [0.4, 0.5) is 5.69 Å². The summed E-state index contributed by atoms with van der Waals surface area (Å²) >= 11 is 6.16. The molecule has 0 aliphatic carbocycles. The van der Waals surface area contributed by atoms with Gasteiger partial charge in [-0.15, -0.1) is 0 Å². The first kappa shape index (κ1) is 16.9. The molecule has 2 amide bonds. The van der Waals surface area contributed by atoms with Crippen LogP contribution in [0.5, 0.6) is 0 Å². The number of amides is 2. The Labute approximate surface area is 139 Å². The maximum Gasteiger partial charge on any atom is 0.267 e. The first-order valence-electron chi connectivity index (χ1n) is 7.23. The summed E-state index contributed by atoms with van der Waals surface area (Å²) in [7, 11) is 0. The molecule has 2 heterocycles. The van der Waals surface area contributed by atoms with Crippen LogP contribution < -0.4 is 11.1 Å². The number of aryl methyl sites for hydroxylation is 1. The molecule has 2 aromatic heterocycles. The van der Waals surface area contributed by atoms with Crippen LogP contribution in [0.3, 0.4) is 0 Å². The van der Waals surface area contributed by atoms with Crippen LogP contribution in [-0.2, 0) is 6.42 Å². The first-order valence-corrected chi connectivity index (χ1v) is 7.61. The molecule has 6 nitrogen and oxygen atoms in total. The minimum atomic E-state index is -0.663. The van der Waals surface area contributed by atoms with E-state index in [2.05, 4.69) is 22.2 Å². The van der Waals surface area contributed by atoms with Gasteiger partial charge in [0, 0.05) is 18.1 Å². The number of unbranched alkanes of at least 4 members (excludes halogenated alkanes) is 1. The topological polar surface area (TPSA) is 98.0 Å². The molecule has 0 bridgehead atoms. The molecule has 0 unspecified atom stereocenters. The fraction of sp³-hybridized carbons (Fsp3) is 0.250. The molecule has 0 atom stereocenters. The van der Waals surface area contributed by atoms with Crippen LogP contribution in [0.2, 0.25) is 5.02 Å². The fourth-order valence-electron chi connectivity index (χ4n) is 2.09. The zero-order valence-electron chi connectivity index (χ0n) is 12.7. The molecule has 23 heavy (non-hydrogen) atoms. The lowest BCUT2D eigenvalue weighted by atomic mass is 10.1. The smallest absolute Gasteiger partial charge is 0.267 e. The normalized spacial score (nSPS) is 10.3. The van der Waals surface area contributed by atoms with Crippen LogP contribution >= 0.6 is 11.6 Å². The van der Waals surface area contributed by atoms with Crippen molar-refractivity contribution in [3.05, 3.63) is 52.6 Å². The summed E-state index contributed by atoms with van der Waals surface area (Å²) in [5.74, 6) is -1.04. The second-order valence-corrected chi connectivity index (χ2v) is 5.37. The van der Waals surface area contributed by atoms with E-state index in [0.29, 0.717) is 28.4 Å². The molecule has 2 rings (SSSR count). The van der Waals surface area contributed by atoms with E-state index in [0.717, 1.165) is 12.8 Å². The van der Waals surface area contributed by atoms with E-state index in [1.807, 2.05) is 0 Å². The third-order valence-electron chi connectivity index (χ3n) is 3.24. The standard InChI is InChI=1S/C16H17ClN4O2/c1-2-3-4-12-14(11(17)6-8-19-12)16(23)21-10-5-7-20-13(9-10)15(18)22/h5-9H,2-4H2,1H3,(H2,18,22)(H,20,21,23). The molecule has 3 N–H and O–H groups in total. The van der Waals surface area contributed by atoms with Gasteiger partial charge in [0.05, 0.1) is 16.3 Å². The van der Waals surface area contributed by atoms with Crippen LogP contribution in [0.1, 0.15) is 46.3 Å². The van der Waals surface area contributed by atoms with Gasteiger partial charge in [-0.3, -0.25) is 19.6 Å². The molecular weight excluding hydrogens is 316 g/mol. The zero-order valence-corrected chi connectivity index (χ0v) is 13.4. The first-order chi connectivity index (χ1) is 11.0. The van der Waals surface area contributed by atoms with Crippen LogP contribution in [-0.4, -0.2) is 21.8 Å². The van der Waals surface area contributed by atoms with Crippen molar-refractivity contribution in [1.82, 2.24) is 9.97 Å². The highest BCUT2D eigenvalue weighted by atomic mass is 35.5. The van der Waals surface area contributed by atoms with Gasteiger partial charge in [-0.25, -0.2) is 0 Å². The number of carbonyl (C=O) groups excluding carboxylic acids is 2. The SMILES string of the molecule is CCCCc1nccc(Cl)c1C(=O)Nc1ccnc(C(N)=O)c1. The predicted molar refractivity (Wildman–Crippen MR) is 88.6 cm³/mol. The van der Waals surface area contributed by atoms with Crippen molar-refractivity contribution in [3.8, 4) is 0 Å². The van der Waals surface area contributed by atoms with Crippen LogP contribution in [0.15, 0.2) is 30.6 Å². The molecule has 0 aliphatic rings. The highest BCUT2D eigenvalue weighted by Crippen LogP contribution is 2.21. The van der Waals surface area contributed by atoms with Crippen LogP contribution in [0.25, 0.3) is 0 Å². The number of nitrogens with zero attached hydrogens (tertiary/aromatic N) is 2. The number of rotatable bonds is 6. The van der Waals surface area contributed by atoms with E-state index >= 15 is 0 Å². The summed E-state index contributed by atoms with van der Waals surface area (Å²) in [6.45, 7) is 2.06. The molecule has 0 saturated heterocycles. The second kappa shape index (κ2) is 7.69. The maximum atomic E-state index is 12.5. The summed E-state index contributed by atoms with van der Waals surface area (Å²) in [5.41, 5.74) is 6.68. The molecule has 0 fully saturated rings. The van der Waals surface area contributed by atoms with Gasteiger partial charge in [0.15, 0.2) is 0 Å². The van der Waals surface area contributed by atoms with E-state index in [-0.39, 0.29) is 11.6 Å². The van der Waals surface area contributed by atoms with Gasteiger partial charge in [-0.1, -0.05) is 24.9 Å². The summed E-state index contributed by atoms with van der Waals surface area (Å²) in [4.78, 5) is 31.8. The van der Waals surface area contributed by atoms with Crippen molar-refractivity contribution in [2.24, 2.45) is 5.73 Å². The summed E-state index contributed by atoms with van der Waals surface area (Å²) < 4.78 is 0. The van der Waals surface area contributed by atoms with E-state index in [1.165, 1.54) is 12.3 Å². The number of nitrogens with two attached hydrogens (primary N) is 1. The number of primary amides is 1. The van der Waals surface area contributed by atoms with Gasteiger partial charge in [0.1, 0.15) is 5.69 Å². The molecule has 0 spiro atoms. The van der Waals surface area contributed by atoms with Crippen molar-refractivity contribution in [2.75, 3.05) is 5.32 Å². The number of hydrogen-bond acceptors (Lipinski definition) is 4. The average molecular weight is 333 g/mol. The Hall–Kier alpha value is -2.47. The van der Waals surface area contributed by atoms with Gasteiger partial charge in [-0.2, -0.15) is 0 Å². The third-order valence-corrected chi connectivity index (χ3v) is 3.56. The van der Waals surface area contributed by atoms with Gasteiger partial charge < -0.3 is 11.1 Å². The van der Waals surface area contributed by atoms with E-state index in [4.69, 9.17) is 17.3 Å². The quantitative estimate of drug-likeness (QED) is 0.849. The maximum absolute atomic E-state index is 12.5. The van der Waals surface area contributed by atoms with Crippen molar-refractivity contribution in [2.45, 2.75) is 26.2 Å². The van der Waals surface area contributed by atoms with E-state index in [1.54, 1.807) is 18.3 Å². The number of carbonyl (C=O) groups is 2.